The van der Waals surface area contributed by atoms with Gasteiger partial charge in [0.2, 0.25) is 0 Å². The normalized spacial score (nSPS) is 20.2. The number of pyridine rings is 1. The first-order valence-electron chi connectivity index (χ1n) is 4.21. The third kappa shape index (κ3) is 1.44. The average molecular weight is 214 g/mol. The average Bonchev–Trinajstić information content (AvgIpc) is 2.04. The number of aromatic nitrogens is 1. The second-order valence-electron chi connectivity index (χ2n) is 3.11. The van der Waals surface area contributed by atoms with Crippen molar-refractivity contribution in [2.75, 3.05) is 6.54 Å². The van der Waals surface area contributed by atoms with Gasteiger partial charge in [-0.05, 0) is 13.0 Å². The number of halogens is 1. The number of nitrogens with one attached hydrogen (secondary N) is 1. The topological polar surface area (TPSA) is 68.1 Å². The fraction of sp³-hybridized carbons (Fsp3) is 0.375. The monoisotopic (exact) mass is 213 g/mol. The van der Waals surface area contributed by atoms with Gasteiger partial charge in [-0.1, -0.05) is 11.6 Å². The summed E-state index contributed by atoms with van der Waals surface area (Å²) in [5.41, 5.74) is 0.588. The van der Waals surface area contributed by atoms with Crippen molar-refractivity contribution in [1.29, 1.82) is 0 Å². The lowest BCUT2D eigenvalue weighted by Crippen LogP contribution is -2.35. The summed E-state index contributed by atoms with van der Waals surface area (Å²) in [5.74, 6) is 0. The molecule has 1 aromatic heterocycles. The molecule has 2 rings (SSSR count). The molecule has 0 aromatic carbocycles. The highest BCUT2D eigenvalue weighted by Crippen LogP contribution is 2.33. The summed E-state index contributed by atoms with van der Waals surface area (Å²) in [7, 11) is 0. The van der Waals surface area contributed by atoms with Crippen molar-refractivity contribution in [3.05, 3.63) is 33.1 Å². The van der Waals surface area contributed by atoms with E-state index in [4.69, 9.17) is 11.6 Å². The first-order chi connectivity index (χ1) is 6.70. The highest BCUT2D eigenvalue weighted by atomic mass is 35.5. The zero-order valence-corrected chi connectivity index (χ0v) is 7.99. The maximum atomic E-state index is 10.6. The molecule has 1 atom stereocenters. The van der Waals surface area contributed by atoms with E-state index in [9.17, 15) is 10.1 Å². The lowest BCUT2D eigenvalue weighted by molar-refractivity contribution is -0.385. The van der Waals surface area contributed by atoms with Crippen LogP contribution in [-0.2, 0) is 0 Å². The van der Waals surface area contributed by atoms with Gasteiger partial charge in [-0.2, -0.15) is 0 Å². The Morgan fingerprint density at radius 3 is 2.86 bits per heavy atom. The third-order valence-electron chi connectivity index (χ3n) is 2.28. The second kappa shape index (κ2) is 3.51. The molecule has 0 amide bonds. The first kappa shape index (κ1) is 9.36. The molecule has 5 nitrogen and oxygen atoms in total. The highest BCUT2D eigenvalue weighted by Gasteiger charge is 2.25. The molecule has 0 bridgehead atoms. The summed E-state index contributed by atoms with van der Waals surface area (Å²) < 4.78 is 0. The van der Waals surface area contributed by atoms with Crippen molar-refractivity contribution in [3.8, 4) is 0 Å². The van der Waals surface area contributed by atoms with Gasteiger partial charge in [0.1, 0.15) is 11.2 Å². The molecule has 1 aliphatic rings. The molecule has 0 unspecified atom stereocenters. The van der Waals surface area contributed by atoms with Gasteiger partial charge in [0.05, 0.1) is 4.92 Å². The van der Waals surface area contributed by atoms with Crippen LogP contribution in [0.1, 0.15) is 18.0 Å². The predicted octanol–water partition coefficient (Wildman–Crippen LogP) is 1.68. The van der Waals surface area contributed by atoms with E-state index in [1.807, 2.05) is 0 Å². The molecule has 74 valence electrons. The number of nitrogens with zero attached hydrogens (tertiary/aromatic N) is 2. The molecule has 0 saturated carbocycles. The van der Waals surface area contributed by atoms with Crippen LogP contribution < -0.4 is 5.32 Å². The van der Waals surface area contributed by atoms with E-state index in [1.165, 1.54) is 6.20 Å². The van der Waals surface area contributed by atoms with Crippen molar-refractivity contribution in [2.45, 2.75) is 12.5 Å². The van der Waals surface area contributed by atoms with Gasteiger partial charge in [0.15, 0.2) is 0 Å². The smallest absolute Gasteiger partial charge is 0.306 e. The predicted molar refractivity (Wildman–Crippen MR) is 51.3 cm³/mol. The van der Waals surface area contributed by atoms with Crippen LogP contribution in [0.15, 0.2) is 12.4 Å². The van der Waals surface area contributed by atoms with Gasteiger partial charge in [-0.3, -0.25) is 15.1 Å². The minimum absolute atomic E-state index is 0.120. The molecule has 6 heteroatoms. The first-order valence-corrected chi connectivity index (χ1v) is 4.59. The zero-order chi connectivity index (χ0) is 10.1. The fourth-order valence-corrected chi connectivity index (χ4v) is 1.67. The fourth-order valence-electron chi connectivity index (χ4n) is 1.37. The van der Waals surface area contributed by atoms with Crippen LogP contribution in [0.5, 0.6) is 0 Å². The number of nitro groups is 1. The lowest BCUT2D eigenvalue weighted by Gasteiger charge is -2.28. The van der Waals surface area contributed by atoms with Crippen LogP contribution in [0.2, 0.25) is 5.02 Å². The summed E-state index contributed by atoms with van der Waals surface area (Å²) in [6.07, 6.45) is 3.69. The Morgan fingerprint density at radius 2 is 2.36 bits per heavy atom. The summed E-state index contributed by atoms with van der Waals surface area (Å²) in [6.45, 7) is 0.920. The van der Waals surface area contributed by atoms with Crippen LogP contribution in [0, 0.1) is 10.1 Å². The maximum absolute atomic E-state index is 10.6. The molecule has 1 saturated heterocycles. The van der Waals surface area contributed by atoms with Crippen molar-refractivity contribution < 1.29 is 4.92 Å². The number of rotatable bonds is 2. The minimum atomic E-state index is -0.516. The van der Waals surface area contributed by atoms with E-state index < -0.39 is 4.92 Å². The molecule has 0 radical (unpaired) electrons. The van der Waals surface area contributed by atoms with Crippen molar-refractivity contribution in [1.82, 2.24) is 10.3 Å². The van der Waals surface area contributed by atoms with Crippen molar-refractivity contribution in [3.63, 3.8) is 0 Å². The zero-order valence-electron chi connectivity index (χ0n) is 7.24. The highest BCUT2D eigenvalue weighted by molar-refractivity contribution is 6.33. The number of hydrogen-bond donors (Lipinski definition) is 1. The van der Waals surface area contributed by atoms with E-state index >= 15 is 0 Å². The van der Waals surface area contributed by atoms with E-state index in [-0.39, 0.29) is 16.8 Å². The van der Waals surface area contributed by atoms with Crippen LogP contribution in [0.25, 0.3) is 0 Å². The van der Waals surface area contributed by atoms with Gasteiger partial charge in [-0.15, -0.1) is 0 Å². The molecular weight excluding hydrogens is 206 g/mol. The molecule has 1 aliphatic heterocycles. The van der Waals surface area contributed by atoms with Gasteiger partial charge < -0.3 is 5.32 Å². The SMILES string of the molecule is O=[N+]([O-])c1cncc([C@H]2CCN2)c1Cl. The molecule has 1 fully saturated rings. The molecule has 1 aromatic rings. The van der Waals surface area contributed by atoms with Gasteiger partial charge in [0, 0.05) is 17.8 Å². The summed E-state index contributed by atoms with van der Waals surface area (Å²) in [4.78, 5) is 13.9. The van der Waals surface area contributed by atoms with E-state index in [0.717, 1.165) is 13.0 Å². The summed E-state index contributed by atoms with van der Waals surface area (Å²) >= 11 is 5.89. The van der Waals surface area contributed by atoms with E-state index in [1.54, 1.807) is 6.20 Å². The Balaban J connectivity index is 2.40. The summed E-state index contributed by atoms with van der Waals surface area (Å²) in [5, 5.41) is 13.9. The Bertz CT molecular complexity index is 379. The van der Waals surface area contributed by atoms with Crippen molar-refractivity contribution in [2.24, 2.45) is 0 Å². The third-order valence-corrected chi connectivity index (χ3v) is 2.70. The maximum Gasteiger partial charge on any atom is 0.306 e. The Labute approximate surface area is 85.2 Å². The molecule has 2 heterocycles. The molecule has 0 spiro atoms. The Hall–Kier alpha value is -1.20. The minimum Gasteiger partial charge on any atom is -0.310 e. The van der Waals surface area contributed by atoms with E-state index in [2.05, 4.69) is 10.3 Å². The van der Waals surface area contributed by atoms with Gasteiger partial charge in [0.25, 0.3) is 0 Å². The van der Waals surface area contributed by atoms with E-state index in [0.29, 0.717) is 5.56 Å². The Morgan fingerprint density at radius 1 is 1.64 bits per heavy atom. The largest absolute Gasteiger partial charge is 0.310 e. The van der Waals surface area contributed by atoms with Gasteiger partial charge >= 0.3 is 5.69 Å². The van der Waals surface area contributed by atoms with Crippen LogP contribution in [-0.4, -0.2) is 16.5 Å². The van der Waals surface area contributed by atoms with Crippen LogP contribution in [0.4, 0.5) is 5.69 Å². The number of hydrogen-bond acceptors (Lipinski definition) is 4. The Kier molecular flexibility index (Phi) is 2.35. The quantitative estimate of drug-likeness (QED) is 0.600. The van der Waals surface area contributed by atoms with Crippen molar-refractivity contribution >= 4 is 17.3 Å². The molecule has 1 N–H and O–H groups in total. The lowest BCUT2D eigenvalue weighted by atomic mass is 9.99. The second-order valence-corrected chi connectivity index (χ2v) is 3.49. The molecular formula is C8H8ClN3O2. The summed E-state index contributed by atoms with van der Waals surface area (Å²) in [6, 6.07) is 0.120. The molecule has 0 aliphatic carbocycles. The van der Waals surface area contributed by atoms with Crippen LogP contribution >= 0.6 is 11.6 Å². The molecule has 14 heavy (non-hydrogen) atoms. The standard InChI is InChI=1S/C8H8ClN3O2/c9-8-5(6-1-2-11-6)3-10-4-7(8)12(13)14/h3-4,6,11H,1-2H2/t6-/m1/s1. The van der Waals surface area contributed by atoms with Crippen LogP contribution in [0.3, 0.4) is 0 Å². The van der Waals surface area contributed by atoms with Gasteiger partial charge in [-0.25, -0.2) is 0 Å².